The van der Waals surface area contributed by atoms with E-state index in [4.69, 9.17) is 4.43 Å². The van der Waals surface area contributed by atoms with Crippen LogP contribution < -0.4 is 5.32 Å². The van der Waals surface area contributed by atoms with Crippen molar-refractivity contribution < 1.29 is 19.1 Å². The van der Waals surface area contributed by atoms with Crippen LogP contribution in [0, 0.1) is 0 Å². The number of rotatable bonds is 7. The highest BCUT2D eigenvalue weighted by Gasteiger charge is 2.37. The van der Waals surface area contributed by atoms with Gasteiger partial charge < -0.3 is 14.8 Å². The Morgan fingerprint density at radius 1 is 1.35 bits per heavy atom. The Morgan fingerprint density at radius 3 is 2.48 bits per heavy atom. The molecular weight excluding hydrogens is 312 g/mol. The zero-order valence-electron chi connectivity index (χ0n) is 14.4. The monoisotopic (exact) mass is 338 g/mol. The zero-order valence-corrected chi connectivity index (χ0v) is 15.4. The van der Waals surface area contributed by atoms with E-state index in [1.165, 1.54) is 6.20 Å². The van der Waals surface area contributed by atoms with Gasteiger partial charge >= 0.3 is 5.97 Å². The summed E-state index contributed by atoms with van der Waals surface area (Å²) in [6.45, 7) is 10.9. The highest BCUT2D eigenvalue weighted by atomic mass is 28.4. The summed E-state index contributed by atoms with van der Waals surface area (Å²) in [5.74, 6) is -1.57. The van der Waals surface area contributed by atoms with Crippen LogP contribution >= 0.6 is 0 Å². The molecule has 2 N–H and O–H groups in total. The molecule has 6 nitrogen and oxygen atoms in total. The van der Waals surface area contributed by atoms with E-state index in [1.54, 1.807) is 18.2 Å². The fraction of sp³-hybridized carbons (Fsp3) is 0.562. The topological polar surface area (TPSA) is 88.5 Å². The van der Waals surface area contributed by atoms with Crippen molar-refractivity contribution in [2.75, 3.05) is 6.61 Å². The van der Waals surface area contributed by atoms with E-state index in [2.05, 4.69) is 44.2 Å². The first kappa shape index (κ1) is 19.3. The van der Waals surface area contributed by atoms with Crippen molar-refractivity contribution in [2.24, 2.45) is 0 Å². The van der Waals surface area contributed by atoms with Crippen molar-refractivity contribution >= 4 is 20.2 Å². The lowest BCUT2D eigenvalue weighted by molar-refractivity contribution is -0.139. The molecule has 1 atom stereocenters. The number of nitrogens with one attached hydrogen (secondary N) is 1. The molecule has 0 aromatic carbocycles. The van der Waals surface area contributed by atoms with Crippen LogP contribution in [0.3, 0.4) is 0 Å². The molecule has 0 unspecified atom stereocenters. The fourth-order valence-electron chi connectivity index (χ4n) is 1.64. The van der Waals surface area contributed by atoms with Crippen LogP contribution in [0.25, 0.3) is 0 Å². The van der Waals surface area contributed by atoms with Crippen molar-refractivity contribution in [1.82, 2.24) is 10.3 Å². The first-order valence-corrected chi connectivity index (χ1v) is 10.5. The van der Waals surface area contributed by atoms with Crippen molar-refractivity contribution in [3.63, 3.8) is 0 Å². The first-order valence-electron chi connectivity index (χ1n) is 7.63. The van der Waals surface area contributed by atoms with Crippen LogP contribution in [-0.2, 0) is 9.22 Å². The molecule has 1 aromatic heterocycles. The molecule has 0 aliphatic rings. The third kappa shape index (κ3) is 5.76. The molecule has 1 heterocycles. The summed E-state index contributed by atoms with van der Waals surface area (Å²) in [4.78, 5) is 27.3. The number of aliphatic carboxylic acids is 1. The Morgan fingerprint density at radius 2 is 2.00 bits per heavy atom. The average Bonchev–Trinajstić information content (AvgIpc) is 2.45. The maximum absolute atomic E-state index is 12.0. The van der Waals surface area contributed by atoms with Crippen LogP contribution in [0.15, 0.2) is 24.4 Å². The van der Waals surface area contributed by atoms with Gasteiger partial charge in [-0.05, 0) is 30.3 Å². The summed E-state index contributed by atoms with van der Waals surface area (Å²) >= 11 is 0. The number of aromatic nitrogens is 1. The molecule has 1 amide bonds. The molecule has 1 aromatic rings. The van der Waals surface area contributed by atoms with Crippen LogP contribution in [0.2, 0.25) is 18.1 Å². The molecule has 0 saturated heterocycles. The lowest BCUT2D eigenvalue weighted by Crippen LogP contribution is -2.44. The van der Waals surface area contributed by atoms with E-state index in [1.807, 2.05) is 0 Å². The van der Waals surface area contributed by atoms with Crippen molar-refractivity contribution in [3.05, 3.63) is 30.1 Å². The van der Waals surface area contributed by atoms with Gasteiger partial charge in [-0.2, -0.15) is 0 Å². The van der Waals surface area contributed by atoms with E-state index in [0.717, 1.165) is 0 Å². The highest BCUT2D eigenvalue weighted by Crippen LogP contribution is 2.36. The molecule has 0 aliphatic carbocycles. The van der Waals surface area contributed by atoms with Crippen LogP contribution in [0.4, 0.5) is 0 Å². The standard InChI is InChI=1S/C16H26N2O4Si/c1-16(2,3)23(4,5)22-11-9-13(15(20)21)18-14(19)12-8-6-7-10-17-12/h6-8,10,13H,9,11H2,1-5H3,(H,18,19)(H,20,21)/t13-/m1/s1. The smallest absolute Gasteiger partial charge is 0.326 e. The van der Waals surface area contributed by atoms with Gasteiger partial charge in [0.25, 0.3) is 5.91 Å². The second kappa shape index (κ2) is 7.70. The van der Waals surface area contributed by atoms with Gasteiger partial charge in [0, 0.05) is 19.2 Å². The van der Waals surface area contributed by atoms with E-state index in [-0.39, 0.29) is 17.2 Å². The SMILES string of the molecule is CC(C)(C)[Si](C)(C)OCC[C@@H](NC(=O)c1ccccn1)C(=O)O. The lowest BCUT2D eigenvalue weighted by atomic mass is 10.2. The third-order valence-corrected chi connectivity index (χ3v) is 8.71. The molecule has 0 aliphatic heterocycles. The van der Waals surface area contributed by atoms with Gasteiger partial charge in [-0.25, -0.2) is 4.79 Å². The fourth-order valence-corrected chi connectivity index (χ4v) is 2.70. The lowest BCUT2D eigenvalue weighted by Gasteiger charge is -2.36. The maximum atomic E-state index is 12.0. The number of carboxylic acids is 1. The second-order valence-electron chi connectivity index (χ2n) is 6.98. The molecular formula is C16H26N2O4Si. The summed E-state index contributed by atoms with van der Waals surface area (Å²) in [7, 11) is -1.93. The Labute approximate surface area is 138 Å². The molecule has 0 saturated carbocycles. The summed E-state index contributed by atoms with van der Waals surface area (Å²) in [6, 6.07) is 3.92. The predicted molar refractivity (Wildman–Crippen MR) is 90.9 cm³/mol. The minimum Gasteiger partial charge on any atom is -0.480 e. The van der Waals surface area contributed by atoms with Crippen LogP contribution in [0.1, 0.15) is 37.7 Å². The van der Waals surface area contributed by atoms with Gasteiger partial charge in [0.05, 0.1) is 0 Å². The number of hydrogen-bond acceptors (Lipinski definition) is 4. The molecule has 23 heavy (non-hydrogen) atoms. The number of carbonyl (C=O) groups is 2. The summed E-state index contributed by atoms with van der Waals surface area (Å²) in [5.41, 5.74) is 0.198. The van der Waals surface area contributed by atoms with Gasteiger partial charge in [0.1, 0.15) is 11.7 Å². The number of amides is 1. The van der Waals surface area contributed by atoms with E-state index in [9.17, 15) is 14.7 Å². The van der Waals surface area contributed by atoms with Crippen molar-refractivity contribution in [3.8, 4) is 0 Å². The summed E-state index contributed by atoms with van der Waals surface area (Å²) in [6.07, 6.45) is 1.71. The van der Waals surface area contributed by atoms with Gasteiger partial charge in [-0.15, -0.1) is 0 Å². The maximum Gasteiger partial charge on any atom is 0.326 e. The van der Waals surface area contributed by atoms with Gasteiger partial charge in [-0.3, -0.25) is 9.78 Å². The van der Waals surface area contributed by atoms with Gasteiger partial charge in [0.15, 0.2) is 8.32 Å². The quantitative estimate of drug-likeness (QED) is 0.746. The molecule has 128 valence electrons. The Hall–Kier alpha value is -1.73. The largest absolute Gasteiger partial charge is 0.480 e. The number of nitrogens with zero attached hydrogens (tertiary/aromatic N) is 1. The minimum atomic E-state index is -1.93. The first-order chi connectivity index (χ1) is 10.5. The highest BCUT2D eigenvalue weighted by molar-refractivity contribution is 6.74. The zero-order chi connectivity index (χ0) is 17.7. The number of carbonyl (C=O) groups excluding carboxylic acids is 1. The van der Waals surface area contributed by atoms with Crippen molar-refractivity contribution in [1.29, 1.82) is 0 Å². The van der Waals surface area contributed by atoms with Crippen LogP contribution in [-0.4, -0.2) is 42.9 Å². The number of carboxylic acid groups (broad SMARTS) is 1. The molecule has 0 fully saturated rings. The Kier molecular flexibility index (Phi) is 6.46. The van der Waals surface area contributed by atoms with E-state index < -0.39 is 26.2 Å². The average molecular weight is 338 g/mol. The predicted octanol–water partition coefficient (Wildman–Crippen LogP) is 2.68. The van der Waals surface area contributed by atoms with Crippen LogP contribution in [0.5, 0.6) is 0 Å². The molecule has 1 rings (SSSR count). The molecule has 7 heteroatoms. The summed E-state index contributed by atoms with van der Waals surface area (Å²) < 4.78 is 5.97. The molecule has 0 spiro atoms. The minimum absolute atomic E-state index is 0.0585. The van der Waals surface area contributed by atoms with Gasteiger partial charge in [-0.1, -0.05) is 26.8 Å². The second-order valence-corrected chi connectivity index (χ2v) is 11.8. The number of pyridine rings is 1. The molecule has 0 bridgehead atoms. The van der Waals surface area contributed by atoms with Crippen molar-refractivity contribution in [2.45, 2.75) is 51.4 Å². The van der Waals surface area contributed by atoms with E-state index >= 15 is 0 Å². The number of hydrogen-bond donors (Lipinski definition) is 2. The Balaban J connectivity index is 2.60. The van der Waals surface area contributed by atoms with E-state index in [0.29, 0.717) is 6.61 Å². The third-order valence-electron chi connectivity index (χ3n) is 4.18. The Bertz CT molecular complexity index is 541. The normalized spacial score (nSPS) is 13.4. The molecule has 0 radical (unpaired) electrons. The summed E-state index contributed by atoms with van der Waals surface area (Å²) in [5, 5.41) is 11.8. The van der Waals surface area contributed by atoms with Gasteiger partial charge in [0.2, 0.25) is 0 Å².